The number of carbonyl (C=O) groups excluding carboxylic acids is 2. The zero-order valence-corrected chi connectivity index (χ0v) is 14.5. The van der Waals surface area contributed by atoms with Gasteiger partial charge in [-0.15, -0.1) is 12.4 Å². The van der Waals surface area contributed by atoms with Crippen LogP contribution in [0.15, 0.2) is 18.2 Å². The molecule has 1 saturated heterocycles. The molecule has 140 valence electrons. The third-order valence-corrected chi connectivity index (χ3v) is 4.20. The summed E-state index contributed by atoms with van der Waals surface area (Å²) in [5.41, 5.74) is 7.45. The van der Waals surface area contributed by atoms with E-state index in [-0.39, 0.29) is 37.3 Å². The maximum Gasteiger partial charge on any atom is 0.471 e. The lowest BCUT2D eigenvalue weighted by atomic mass is 9.96. The van der Waals surface area contributed by atoms with Gasteiger partial charge in [0.2, 0.25) is 0 Å². The first-order chi connectivity index (χ1) is 11.2. The second-order valence-electron chi connectivity index (χ2n) is 6.02. The summed E-state index contributed by atoms with van der Waals surface area (Å²) < 4.78 is 37.2. The average Bonchev–Trinajstić information content (AvgIpc) is 2.53. The molecule has 1 fully saturated rings. The molecule has 1 aromatic rings. The third-order valence-electron chi connectivity index (χ3n) is 4.20. The number of piperidine rings is 1. The number of carbonyl (C=O) groups is 2. The second kappa shape index (κ2) is 8.42. The number of halogens is 4. The zero-order chi connectivity index (χ0) is 17.9. The van der Waals surface area contributed by atoms with Gasteiger partial charge in [0.1, 0.15) is 0 Å². The van der Waals surface area contributed by atoms with Crippen LogP contribution in [0.1, 0.15) is 28.8 Å². The van der Waals surface area contributed by atoms with E-state index in [1.54, 1.807) is 25.1 Å². The number of hydrogen-bond acceptors (Lipinski definition) is 3. The highest BCUT2D eigenvalue weighted by Gasteiger charge is 2.43. The first-order valence-corrected chi connectivity index (χ1v) is 7.69. The van der Waals surface area contributed by atoms with Gasteiger partial charge in [-0.1, -0.05) is 6.07 Å². The summed E-state index contributed by atoms with van der Waals surface area (Å²) >= 11 is 0. The molecule has 1 aromatic carbocycles. The Labute approximate surface area is 150 Å². The topological polar surface area (TPSA) is 75.4 Å². The number of rotatable bonds is 3. The molecule has 0 unspecified atom stereocenters. The summed E-state index contributed by atoms with van der Waals surface area (Å²) in [7, 11) is 0. The molecule has 0 bridgehead atoms. The van der Waals surface area contributed by atoms with Crippen molar-refractivity contribution in [3.63, 3.8) is 0 Å². The number of aryl methyl sites for hydroxylation is 1. The highest BCUT2D eigenvalue weighted by Crippen LogP contribution is 2.23. The first-order valence-electron chi connectivity index (χ1n) is 7.69. The summed E-state index contributed by atoms with van der Waals surface area (Å²) in [6, 6.07) is 5.06. The van der Waals surface area contributed by atoms with Gasteiger partial charge in [-0.2, -0.15) is 13.2 Å². The molecule has 0 spiro atoms. The summed E-state index contributed by atoms with van der Waals surface area (Å²) in [5, 5.41) is 2.79. The van der Waals surface area contributed by atoms with Gasteiger partial charge in [-0.3, -0.25) is 9.59 Å². The molecule has 0 atom stereocenters. The lowest BCUT2D eigenvalue weighted by Crippen LogP contribution is -2.46. The van der Waals surface area contributed by atoms with Crippen LogP contribution in [0.2, 0.25) is 0 Å². The van der Waals surface area contributed by atoms with Gasteiger partial charge >= 0.3 is 12.1 Å². The second-order valence-corrected chi connectivity index (χ2v) is 6.02. The normalized spacial score (nSPS) is 15.4. The number of nitrogens with one attached hydrogen (secondary N) is 1. The summed E-state index contributed by atoms with van der Waals surface area (Å²) in [5.74, 6) is -2.00. The average molecular weight is 380 g/mol. The van der Waals surface area contributed by atoms with Gasteiger partial charge in [0.05, 0.1) is 0 Å². The predicted molar refractivity (Wildman–Crippen MR) is 90.5 cm³/mol. The van der Waals surface area contributed by atoms with E-state index in [0.717, 1.165) is 10.5 Å². The van der Waals surface area contributed by atoms with Crippen LogP contribution in [0.4, 0.5) is 18.9 Å². The predicted octanol–water partition coefficient (Wildman–Crippen LogP) is 2.53. The summed E-state index contributed by atoms with van der Waals surface area (Å²) in [6.45, 7) is 2.27. The van der Waals surface area contributed by atoms with Crippen LogP contribution in [0.25, 0.3) is 0 Å². The fraction of sp³-hybridized carbons (Fsp3) is 0.500. The number of alkyl halides is 3. The number of likely N-dealkylation sites (tertiary alicyclic amines) is 1. The van der Waals surface area contributed by atoms with Gasteiger partial charge in [-0.25, -0.2) is 0 Å². The van der Waals surface area contributed by atoms with E-state index in [9.17, 15) is 22.8 Å². The lowest BCUT2D eigenvalue weighted by Gasteiger charge is -2.32. The molecule has 25 heavy (non-hydrogen) atoms. The van der Waals surface area contributed by atoms with Crippen molar-refractivity contribution in [1.82, 2.24) is 10.2 Å². The van der Waals surface area contributed by atoms with Crippen LogP contribution in [0.5, 0.6) is 0 Å². The highest BCUT2D eigenvalue weighted by atomic mass is 35.5. The van der Waals surface area contributed by atoms with E-state index < -0.39 is 12.1 Å². The van der Waals surface area contributed by atoms with Crippen molar-refractivity contribution in [3.05, 3.63) is 29.3 Å². The molecule has 2 amide bonds. The van der Waals surface area contributed by atoms with E-state index >= 15 is 0 Å². The minimum Gasteiger partial charge on any atom is -0.399 e. The molecule has 1 aliphatic heterocycles. The van der Waals surface area contributed by atoms with Crippen LogP contribution in [-0.4, -0.2) is 42.5 Å². The molecule has 2 rings (SSSR count). The van der Waals surface area contributed by atoms with Gasteiger partial charge in [0, 0.05) is 30.9 Å². The summed E-state index contributed by atoms with van der Waals surface area (Å²) in [4.78, 5) is 24.2. The standard InChI is InChI=1S/C16H20F3N3O2.ClH/c1-10-2-3-12(20)8-13(10)14(23)21-9-11-4-6-22(7-5-11)15(24)16(17,18)19;/h2-3,8,11H,4-7,9,20H2,1H3,(H,21,23);1H. The van der Waals surface area contributed by atoms with E-state index in [0.29, 0.717) is 30.6 Å². The van der Waals surface area contributed by atoms with Gasteiger partial charge in [0.15, 0.2) is 0 Å². The Hall–Kier alpha value is -1.96. The highest BCUT2D eigenvalue weighted by molar-refractivity contribution is 5.96. The number of hydrogen-bond donors (Lipinski definition) is 2. The Bertz CT molecular complexity index is 630. The third kappa shape index (κ3) is 5.52. The Balaban J connectivity index is 0.00000312. The lowest BCUT2D eigenvalue weighted by molar-refractivity contribution is -0.186. The van der Waals surface area contributed by atoms with E-state index in [1.807, 2.05) is 0 Å². The largest absolute Gasteiger partial charge is 0.471 e. The zero-order valence-electron chi connectivity index (χ0n) is 13.7. The Kier molecular flexibility index (Phi) is 7.10. The summed E-state index contributed by atoms with van der Waals surface area (Å²) in [6.07, 6.45) is -3.97. The first kappa shape index (κ1) is 21.1. The molecular weight excluding hydrogens is 359 g/mol. The fourth-order valence-corrected chi connectivity index (χ4v) is 2.74. The molecule has 1 aliphatic rings. The number of amides is 2. The maximum atomic E-state index is 12.4. The number of anilines is 1. The molecule has 0 radical (unpaired) electrons. The van der Waals surface area contributed by atoms with Crippen LogP contribution in [0.3, 0.4) is 0 Å². The Morgan fingerprint density at radius 3 is 2.44 bits per heavy atom. The smallest absolute Gasteiger partial charge is 0.399 e. The van der Waals surface area contributed by atoms with Crippen molar-refractivity contribution in [2.45, 2.75) is 25.9 Å². The molecular formula is C16H21ClF3N3O2. The Morgan fingerprint density at radius 1 is 1.28 bits per heavy atom. The van der Waals surface area contributed by atoms with Crippen molar-refractivity contribution in [1.29, 1.82) is 0 Å². The van der Waals surface area contributed by atoms with Crippen LogP contribution in [-0.2, 0) is 4.79 Å². The molecule has 1 heterocycles. The maximum absolute atomic E-state index is 12.4. The quantitative estimate of drug-likeness (QED) is 0.792. The molecule has 0 saturated carbocycles. The number of benzene rings is 1. The number of nitrogen functional groups attached to an aromatic ring is 1. The van der Waals surface area contributed by atoms with Gasteiger partial charge < -0.3 is 16.0 Å². The van der Waals surface area contributed by atoms with E-state index in [4.69, 9.17) is 5.73 Å². The van der Waals surface area contributed by atoms with Crippen molar-refractivity contribution in [2.24, 2.45) is 5.92 Å². The van der Waals surface area contributed by atoms with Crippen LogP contribution < -0.4 is 11.1 Å². The minimum absolute atomic E-state index is 0. The van der Waals surface area contributed by atoms with Crippen molar-refractivity contribution in [3.8, 4) is 0 Å². The molecule has 9 heteroatoms. The van der Waals surface area contributed by atoms with Crippen molar-refractivity contribution >= 4 is 29.9 Å². The van der Waals surface area contributed by atoms with E-state index in [1.165, 1.54) is 0 Å². The van der Waals surface area contributed by atoms with Crippen molar-refractivity contribution in [2.75, 3.05) is 25.4 Å². The van der Waals surface area contributed by atoms with Gasteiger partial charge in [0.25, 0.3) is 5.91 Å². The van der Waals surface area contributed by atoms with Crippen LogP contribution in [0, 0.1) is 12.8 Å². The number of nitrogens with two attached hydrogens (primary N) is 1. The molecule has 0 aliphatic carbocycles. The Morgan fingerprint density at radius 2 is 1.88 bits per heavy atom. The fourth-order valence-electron chi connectivity index (χ4n) is 2.74. The monoisotopic (exact) mass is 379 g/mol. The SMILES string of the molecule is Cc1ccc(N)cc1C(=O)NCC1CCN(C(=O)C(F)(F)F)CC1.Cl. The minimum atomic E-state index is -4.83. The molecule has 0 aromatic heterocycles. The molecule has 3 N–H and O–H groups in total. The van der Waals surface area contributed by atoms with Gasteiger partial charge in [-0.05, 0) is 43.4 Å². The van der Waals surface area contributed by atoms with Crippen molar-refractivity contribution < 1.29 is 22.8 Å². The van der Waals surface area contributed by atoms with Crippen LogP contribution >= 0.6 is 12.4 Å². The number of nitrogens with zero attached hydrogens (tertiary/aromatic N) is 1. The van der Waals surface area contributed by atoms with E-state index in [2.05, 4.69) is 5.32 Å². The molecule has 5 nitrogen and oxygen atoms in total.